The lowest BCUT2D eigenvalue weighted by molar-refractivity contribution is 0.597. The first-order chi connectivity index (χ1) is 8.35. The Morgan fingerprint density at radius 3 is 2.17 bits per heavy atom. The molecule has 0 aromatic heterocycles. The van der Waals surface area contributed by atoms with Gasteiger partial charge in [0, 0.05) is 13.4 Å². The van der Waals surface area contributed by atoms with E-state index in [1.165, 1.54) is 0 Å². The highest BCUT2D eigenvalue weighted by Gasteiger charge is 2.15. The molecule has 0 atom stereocenters. The van der Waals surface area contributed by atoms with E-state index in [4.69, 9.17) is 5.73 Å². The molecule has 0 bridgehead atoms. The van der Waals surface area contributed by atoms with E-state index in [1.54, 1.807) is 12.1 Å². The topological polar surface area (TPSA) is 72.2 Å². The van der Waals surface area contributed by atoms with Crippen molar-refractivity contribution in [2.75, 3.05) is 17.0 Å². The number of nitrogens with two attached hydrogens (primary N) is 1. The van der Waals surface area contributed by atoms with Crippen molar-refractivity contribution in [3.63, 3.8) is 0 Å². The van der Waals surface area contributed by atoms with Crippen molar-refractivity contribution in [3.8, 4) is 0 Å². The molecule has 0 saturated carbocycles. The minimum absolute atomic E-state index is 0.0686. The summed E-state index contributed by atoms with van der Waals surface area (Å²) in [7, 11) is -3.35. The molecule has 0 fully saturated rings. The van der Waals surface area contributed by atoms with Gasteiger partial charge in [0.1, 0.15) is 0 Å². The molecule has 1 rings (SSSR count). The Balaban J connectivity index is 2.84. The molecular weight excluding hydrogens is 452 g/mol. The molecule has 18 heavy (non-hydrogen) atoms. The van der Waals surface area contributed by atoms with Crippen LogP contribution in [0.3, 0.4) is 0 Å². The predicted molar refractivity (Wildman–Crippen MR) is 85.2 cm³/mol. The van der Waals surface area contributed by atoms with Crippen LogP contribution in [0.25, 0.3) is 0 Å². The number of anilines is 1. The molecule has 3 N–H and O–H groups in total. The van der Waals surface area contributed by atoms with Gasteiger partial charge in [0.25, 0.3) is 0 Å². The highest BCUT2D eigenvalue weighted by Crippen LogP contribution is 2.35. The lowest BCUT2D eigenvalue weighted by Crippen LogP contribution is -2.18. The fourth-order valence-electron chi connectivity index (χ4n) is 1.28. The second kappa shape index (κ2) is 7.23. The summed E-state index contributed by atoms with van der Waals surface area (Å²) in [6, 6.07) is 3.56. The smallest absolute Gasteiger partial charge is 0.232 e. The van der Waals surface area contributed by atoms with Crippen LogP contribution in [0.2, 0.25) is 0 Å². The quantitative estimate of drug-likeness (QED) is 0.633. The third kappa shape index (κ3) is 5.16. The van der Waals surface area contributed by atoms with Crippen molar-refractivity contribution in [2.45, 2.75) is 12.8 Å². The van der Waals surface area contributed by atoms with Gasteiger partial charge in [0.05, 0.1) is 11.4 Å². The largest absolute Gasteiger partial charge is 0.330 e. The van der Waals surface area contributed by atoms with Crippen molar-refractivity contribution >= 4 is 63.5 Å². The maximum Gasteiger partial charge on any atom is 0.232 e. The van der Waals surface area contributed by atoms with Crippen LogP contribution >= 0.6 is 47.8 Å². The third-order valence-electron chi connectivity index (χ3n) is 2.13. The lowest BCUT2D eigenvalue weighted by Gasteiger charge is -2.12. The van der Waals surface area contributed by atoms with Gasteiger partial charge in [-0.25, -0.2) is 8.42 Å². The van der Waals surface area contributed by atoms with Crippen LogP contribution in [-0.4, -0.2) is 20.7 Å². The van der Waals surface area contributed by atoms with E-state index in [0.29, 0.717) is 34.0 Å². The molecule has 8 heteroatoms. The number of rotatable bonds is 6. The molecule has 0 aliphatic carbocycles. The summed E-state index contributed by atoms with van der Waals surface area (Å²) in [5.74, 6) is 0.0686. The number of sulfonamides is 1. The zero-order valence-electron chi connectivity index (χ0n) is 9.42. The Kier molecular flexibility index (Phi) is 6.60. The van der Waals surface area contributed by atoms with Gasteiger partial charge in [-0.2, -0.15) is 0 Å². The molecule has 0 radical (unpaired) electrons. The van der Waals surface area contributed by atoms with Crippen molar-refractivity contribution in [1.29, 1.82) is 0 Å². The summed E-state index contributed by atoms with van der Waals surface area (Å²) >= 11 is 9.98. The summed E-state index contributed by atoms with van der Waals surface area (Å²) in [6.07, 6.45) is 1.25. The second-order valence-electron chi connectivity index (χ2n) is 3.66. The summed E-state index contributed by atoms with van der Waals surface area (Å²) < 4.78 is 28.5. The Morgan fingerprint density at radius 2 is 1.67 bits per heavy atom. The maximum atomic E-state index is 11.9. The van der Waals surface area contributed by atoms with Gasteiger partial charge in [-0.15, -0.1) is 0 Å². The van der Waals surface area contributed by atoms with Crippen LogP contribution in [0.4, 0.5) is 5.69 Å². The van der Waals surface area contributed by atoms with Crippen molar-refractivity contribution in [2.24, 2.45) is 5.73 Å². The van der Waals surface area contributed by atoms with E-state index >= 15 is 0 Å². The highest BCUT2D eigenvalue weighted by atomic mass is 79.9. The Hall–Kier alpha value is 0.370. The number of hydrogen-bond donors (Lipinski definition) is 2. The van der Waals surface area contributed by atoms with E-state index < -0.39 is 10.0 Å². The minimum Gasteiger partial charge on any atom is -0.330 e. The molecule has 0 aliphatic heterocycles. The first-order valence-electron chi connectivity index (χ1n) is 5.21. The van der Waals surface area contributed by atoms with Gasteiger partial charge < -0.3 is 5.73 Å². The summed E-state index contributed by atoms with van der Waals surface area (Å²) in [5.41, 5.74) is 5.85. The zero-order valence-corrected chi connectivity index (χ0v) is 15.0. The molecule has 1 aromatic rings. The van der Waals surface area contributed by atoms with Gasteiger partial charge in [-0.3, -0.25) is 4.72 Å². The standard InChI is InChI=1S/C10H13Br3N2O2S/c11-7-5-8(12)10(9(13)6-7)15-18(16,17)4-2-1-3-14/h5-6,15H,1-4,14H2. The molecule has 0 saturated heterocycles. The van der Waals surface area contributed by atoms with Gasteiger partial charge in [0.2, 0.25) is 10.0 Å². The van der Waals surface area contributed by atoms with Crippen molar-refractivity contribution in [1.82, 2.24) is 0 Å². The average molecular weight is 465 g/mol. The molecule has 0 unspecified atom stereocenters. The monoisotopic (exact) mass is 462 g/mol. The number of nitrogens with one attached hydrogen (secondary N) is 1. The zero-order chi connectivity index (χ0) is 13.8. The summed E-state index contributed by atoms with van der Waals surface area (Å²) in [5, 5.41) is 0. The summed E-state index contributed by atoms with van der Waals surface area (Å²) in [6.45, 7) is 0.501. The van der Waals surface area contributed by atoms with Crippen LogP contribution in [0.5, 0.6) is 0 Å². The molecule has 0 amide bonds. The van der Waals surface area contributed by atoms with Crippen LogP contribution in [0.1, 0.15) is 12.8 Å². The summed E-state index contributed by atoms with van der Waals surface area (Å²) in [4.78, 5) is 0. The Labute approximate surface area is 132 Å². The van der Waals surface area contributed by atoms with Crippen LogP contribution in [0.15, 0.2) is 25.6 Å². The Bertz CT molecular complexity index is 497. The van der Waals surface area contributed by atoms with E-state index in [0.717, 1.165) is 4.47 Å². The van der Waals surface area contributed by atoms with E-state index in [-0.39, 0.29) is 5.75 Å². The SMILES string of the molecule is NCCCCS(=O)(=O)Nc1c(Br)cc(Br)cc1Br. The number of unbranched alkanes of at least 4 members (excludes halogenated alkanes) is 1. The van der Waals surface area contributed by atoms with Crippen LogP contribution in [-0.2, 0) is 10.0 Å². The van der Waals surface area contributed by atoms with Gasteiger partial charge in [0.15, 0.2) is 0 Å². The molecular formula is C10H13Br3N2O2S. The third-order valence-corrected chi connectivity index (χ3v) is 5.18. The molecule has 0 aliphatic rings. The first kappa shape index (κ1) is 16.4. The first-order valence-corrected chi connectivity index (χ1v) is 9.24. The number of halogens is 3. The van der Waals surface area contributed by atoms with Crippen LogP contribution < -0.4 is 10.5 Å². The predicted octanol–water partition coefficient (Wildman–Crippen LogP) is 3.45. The molecule has 1 aromatic carbocycles. The number of benzene rings is 1. The van der Waals surface area contributed by atoms with E-state index in [2.05, 4.69) is 52.5 Å². The van der Waals surface area contributed by atoms with Gasteiger partial charge in [-0.05, 0) is 63.4 Å². The normalized spacial score (nSPS) is 11.6. The minimum atomic E-state index is -3.35. The van der Waals surface area contributed by atoms with Crippen molar-refractivity contribution < 1.29 is 8.42 Å². The average Bonchev–Trinajstić information content (AvgIpc) is 2.23. The van der Waals surface area contributed by atoms with Crippen LogP contribution in [0, 0.1) is 0 Å². The van der Waals surface area contributed by atoms with Gasteiger partial charge >= 0.3 is 0 Å². The molecule has 0 spiro atoms. The molecule has 4 nitrogen and oxygen atoms in total. The van der Waals surface area contributed by atoms with E-state index in [9.17, 15) is 8.42 Å². The fourth-order valence-corrected chi connectivity index (χ4v) is 5.22. The van der Waals surface area contributed by atoms with Crippen molar-refractivity contribution in [3.05, 3.63) is 25.6 Å². The highest BCUT2D eigenvalue weighted by molar-refractivity contribution is 9.11. The maximum absolute atomic E-state index is 11.9. The van der Waals surface area contributed by atoms with E-state index in [1.807, 2.05) is 0 Å². The second-order valence-corrected chi connectivity index (χ2v) is 8.13. The lowest BCUT2D eigenvalue weighted by atomic mass is 10.3. The number of hydrogen-bond acceptors (Lipinski definition) is 3. The van der Waals surface area contributed by atoms with Gasteiger partial charge in [-0.1, -0.05) is 15.9 Å². The molecule has 0 heterocycles. The Morgan fingerprint density at radius 1 is 1.11 bits per heavy atom. The molecule has 102 valence electrons. The fraction of sp³-hybridized carbons (Fsp3) is 0.400.